The maximum atomic E-state index is 12.7. The summed E-state index contributed by atoms with van der Waals surface area (Å²) in [6, 6.07) is 11.9. The number of hydrogen-bond donors (Lipinski definition) is 0. The first-order valence-corrected chi connectivity index (χ1v) is 7.31. The van der Waals surface area contributed by atoms with Crippen LogP contribution in [0, 0.1) is 5.92 Å². The minimum Gasteiger partial charge on any atom is -0.378 e. The van der Waals surface area contributed by atoms with E-state index in [1.165, 1.54) is 0 Å². The number of benzene rings is 2. The molecule has 2 atom stereocenters. The van der Waals surface area contributed by atoms with Gasteiger partial charge in [-0.25, -0.2) is 0 Å². The third-order valence-electron chi connectivity index (χ3n) is 3.85. The van der Waals surface area contributed by atoms with Gasteiger partial charge in [-0.3, -0.25) is 4.79 Å². The molecule has 1 heterocycles. The van der Waals surface area contributed by atoms with Crippen LogP contribution in [0.4, 0.5) is 0 Å². The lowest BCUT2D eigenvalue weighted by molar-refractivity contribution is 0.0766. The summed E-state index contributed by atoms with van der Waals surface area (Å²) >= 11 is 3.54. The number of rotatable bonds is 2. The van der Waals surface area contributed by atoms with Gasteiger partial charge in [-0.1, -0.05) is 40.2 Å². The molecule has 2 aromatic rings. The van der Waals surface area contributed by atoms with Gasteiger partial charge in [0.25, 0.3) is 0 Å². The molecule has 1 aliphatic heterocycles. The molecular weight excluding hydrogens is 304 g/mol. The van der Waals surface area contributed by atoms with Crippen LogP contribution in [0.5, 0.6) is 0 Å². The zero-order valence-electron chi connectivity index (χ0n) is 10.7. The van der Waals surface area contributed by atoms with Crippen molar-refractivity contribution in [2.75, 3.05) is 6.61 Å². The van der Waals surface area contributed by atoms with Crippen molar-refractivity contribution in [1.29, 1.82) is 0 Å². The third-order valence-corrected chi connectivity index (χ3v) is 4.54. The Bertz CT molecular complexity index is 636. The molecule has 1 aliphatic rings. The highest BCUT2D eigenvalue weighted by Gasteiger charge is 2.32. The summed E-state index contributed by atoms with van der Waals surface area (Å²) < 4.78 is 6.54. The second-order valence-corrected chi connectivity index (χ2v) is 5.83. The molecule has 2 unspecified atom stereocenters. The molecular formula is C16H15BrO2. The standard InChI is InChI=1S/C16H15BrO2/c1-10-11(8-9-19-10)16(18)14-6-7-15(17)13-5-3-2-4-12(13)14/h2-7,10-11H,8-9H2,1H3. The molecule has 0 amide bonds. The van der Waals surface area contributed by atoms with E-state index in [-0.39, 0.29) is 17.8 Å². The van der Waals surface area contributed by atoms with Crippen LogP contribution in [0.1, 0.15) is 23.7 Å². The van der Waals surface area contributed by atoms with E-state index in [0.29, 0.717) is 6.61 Å². The minimum absolute atomic E-state index is 0.00965. The van der Waals surface area contributed by atoms with Gasteiger partial charge in [-0.05, 0) is 36.2 Å². The van der Waals surface area contributed by atoms with Crippen molar-refractivity contribution in [1.82, 2.24) is 0 Å². The predicted octanol–water partition coefficient (Wildman–Crippen LogP) is 4.21. The molecule has 19 heavy (non-hydrogen) atoms. The van der Waals surface area contributed by atoms with Gasteiger partial charge in [0.2, 0.25) is 0 Å². The van der Waals surface area contributed by atoms with Crippen molar-refractivity contribution < 1.29 is 9.53 Å². The Morgan fingerprint density at radius 1 is 1.21 bits per heavy atom. The molecule has 0 radical (unpaired) electrons. The summed E-state index contributed by atoms with van der Waals surface area (Å²) in [5.41, 5.74) is 0.807. The van der Waals surface area contributed by atoms with Gasteiger partial charge >= 0.3 is 0 Å². The topological polar surface area (TPSA) is 26.3 Å². The van der Waals surface area contributed by atoms with Crippen molar-refractivity contribution in [3.63, 3.8) is 0 Å². The Morgan fingerprint density at radius 2 is 1.95 bits per heavy atom. The average Bonchev–Trinajstić information content (AvgIpc) is 2.85. The first kappa shape index (κ1) is 12.8. The lowest BCUT2D eigenvalue weighted by Gasteiger charge is -2.14. The highest BCUT2D eigenvalue weighted by Crippen LogP contribution is 2.31. The van der Waals surface area contributed by atoms with Crippen molar-refractivity contribution in [3.8, 4) is 0 Å². The molecule has 1 fully saturated rings. The van der Waals surface area contributed by atoms with Crippen LogP contribution in [-0.2, 0) is 4.74 Å². The first-order chi connectivity index (χ1) is 9.18. The van der Waals surface area contributed by atoms with Gasteiger partial charge in [0.1, 0.15) is 0 Å². The Hall–Kier alpha value is -1.19. The number of ether oxygens (including phenoxy) is 1. The first-order valence-electron chi connectivity index (χ1n) is 6.51. The number of carbonyl (C=O) groups is 1. The van der Waals surface area contributed by atoms with Crippen molar-refractivity contribution in [3.05, 3.63) is 46.4 Å². The van der Waals surface area contributed by atoms with E-state index in [4.69, 9.17) is 4.74 Å². The Balaban J connectivity index is 2.10. The van der Waals surface area contributed by atoms with Crippen LogP contribution < -0.4 is 0 Å². The van der Waals surface area contributed by atoms with Crippen LogP contribution in [-0.4, -0.2) is 18.5 Å². The average molecular weight is 319 g/mol. The van der Waals surface area contributed by atoms with Gasteiger partial charge < -0.3 is 4.74 Å². The molecule has 0 bridgehead atoms. The Morgan fingerprint density at radius 3 is 2.63 bits per heavy atom. The van der Waals surface area contributed by atoms with E-state index < -0.39 is 0 Å². The monoisotopic (exact) mass is 318 g/mol. The van der Waals surface area contributed by atoms with Crippen molar-refractivity contribution in [2.24, 2.45) is 5.92 Å². The molecule has 3 rings (SSSR count). The molecule has 3 heteroatoms. The number of halogens is 1. The smallest absolute Gasteiger partial charge is 0.169 e. The highest BCUT2D eigenvalue weighted by molar-refractivity contribution is 9.10. The van der Waals surface area contributed by atoms with E-state index in [9.17, 15) is 4.79 Å². The van der Waals surface area contributed by atoms with Gasteiger partial charge in [-0.2, -0.15) is 0 Å². The molecule has 1 saturated heterocycles. The summed E-state index contributed by atoms with van der Waals surface area (Å²) in [5.74, 6) is 0.193. The van der Waals surface area contributed by atoms with Crippen LogP contribution in [0.25, 0.3) is 10.8 Å². The number of ketones is 1. The minimum atomic E-state index is -0.00965. The lowest BCUT2D eigenvalue weighted by atomic mass is 9.90. The normalized spacial score (nSPS) is 22.8. The fraction of sp³-hybridized carbons (Fsp3) is 0.312. The van der Waals surface area contributed by atoms with E-state index >= 15 is 0 Å². The molecule has 0 aliphatic carbocycles. The number of hydrogen-bond acceptors (Lipinski definition) is 2. The molecule has 0 spiro atoms. The third kappa shape index (κ3) is 2.21. The van der Waals surface area contributed by atoms with Crippen molar-refractivity contribution >= 4 is 32.5 Å². The largest absolute Gasteiger partial charge is 0.378 e. The molecule has 0 aromatic heterocycles. The molecule has 2 nitrogen and oxygen atoms in total. The highest BCUT2D eigenvalue weighted by atomic mass is 79.9. The van der Waals surface area contributed by atoms with E-state index in [0.717, 1.165) is 27.2 Å². The van der Waals surface area contributed by atoms with E-state index in [1.54, 1.807) is 0 Å². The van der Waals surface area contributed by atoms with Crippen LogP contribution in [0.2, 0.25) is 0 Å². The fourth-order valence-electron chi connectivity index (χ4n) is 2.75. The maximum Gasteiger partial charge on any atom is 0.169 e. The van der Waals surface area contributed by atoms with Crippen molar-refractivity contribution in [2.45, 2.75) is 19.4 Å². The maximum absolute atomic E-state index is 12.7. The lowest BCUT2D eigenvalue weighted by Crippen LogP contribution is -2.21. The summed E-state index contributed by atoms with van der Waals surface area (Å²) in [5, 5.41) is 2.10. The Kier molecular flexibility index (Phi) is 3.42. The molecule has 98 valence electrons. The zero-order valence-corrected chi connectivity index (χ0v) is 12.3. The quantitative estimate of drug-likeness (QED) is 0.775. The Labute approximate surface area is 120 Å². The fourth-order valence-corrected chi connectivity index (χ4v) is 3.23. The predicted molar refractivity (Wildman–Crippen MR) is 79.5 cm³/mol. The summed E-state index contributed by atoms with van der Waals surface area (Å²) in [7, 11) is 0. The van der Waals surface area contributed by atoms with Crippen LogP contribution >= 0.6 is 15.9 Å². The zero-order chi connectivity index (χ0) is 13.4. The van der Waals surface area contributed by atoms with E-state index in [1.807, 2.05) is 43.3 Å². The van der Waals surface area contributed by atoms with Gasteiger partial charge in [0, 0.05) is 16.6 Å². The summed E-state index contributed by atoms with van der Waals surface area (Å²) in [4.78, 5) is 12.7. The van der Waals surface area contributed by atoms with E-state index in [2.05, 4.69) is 15.9 Å². The summed E-state index contributed by atoms with van der Waals surface area (Å²) in [6.45, 7) is 2.67. The van der Waals surface area contributed by atoms with Crippen LogP contribution in [0.15, 0.2) is 40.9 Å². The number of fused-ring (bicyclic) bond motifs is 1. The van der Waals surface area contributed by atoms with Gasteiger partial charge in [0.15, 0.2) is 5.78 Å². The molecule has 2 aromatic carbocycles. The number of carbonyl (C=O) groups excluding carboxylic acids is 1. The number of Topliss-reactive ketones (excluding diaryl/α,β-unsaturated/α-hetero) is 1. The second-order valence-electron chi connectivity index (χ2n) is 4.98. The summed E-state index contributed by atoms with van der Waals surface area (Å²) in [6.07, 6.45) is 0.847. The molecule has 0 N–H and O–H groups in total. The van der Waals surface area contributed by atoms with Gasteiger partial charge in [-0.15, -0.1) is 0 Å². The SMILES string of the molecule is CC1OCCC1C(=O)c1ccc(Br)c2ccccc12. The molecule has 0 saturated carbocycles. The second kappa shape index (κ2) is 5.06. The van der Waals surface area contributed by atoms with Crippen LogP contribution in [0.3, 0.4) is 0 Å². The van der Waals surface area contributed by atoms with Gasteiger partial charge in [0.05, 0.1) is 12.0 Å².